The topological polar surface area (TPSA) is 226 Å². The fraction of sp³-hybridized carbons (Fsp3) is 0.938. The summed E-state index contributed by atoms with van der Waals surface area (Å²) in [6.07, 6.45) is 26.8. The highest BCUT2D eigenvalue weighted by atomic mass is 31.2. The van der Waals surface area contributed by atoms with Crippen LogP contribution >= 0.6 is 7.82 Å². The van der Waals surface area contributed by atoms with Crippen LogP contribution in [0.1, 0.15) is 226 Å². The van der Waals surface area contributed by atoms with E-state index in [2.05, 4.69) is 31.3 Å². The van der Waals surface area contributed by atoms with E-state index in [-0.39, 0.29) is 12.8 Å². The van der Waals surface area contributed by atoms with E-state index in [1.54, 1.807) is 0 Å². The Morgan fingerprint density at radius 1 is 0.548 bits per heavy atom. The zero-order chi connectivity index (χ0) is 45.9. The average molecular weight is 908 g/mol. The van der Waals surface area contributed by atoms with Crippen LogP contribution in [-0.4, -0.2) is 108 Å². The Morgan fingerprint density at radius 2 is 0.903 bits per heavy atom. The molecule has 0 bridgehead atoms. The summed E-state index contributed by atoms with van der Waals surface area (Å²) in [5.74, 6) is -0.566. The lowest BCUT2D eigenvalue weighted by molar-refractivity contribution is -0.220. The van der Waals surface area contributed by atoms with Gasteiger partial charge in [0.2, 0.25) is 5.91 Å². The van der Waals surface area contributed by atoms with E-state index in [0.717, 1.165) is 57.8 Å². The number of rotatable bonds is 42. The van der Waals surface area contributed by atoms with Gasteiger partial charge in [-0.3, -0.25) is 13.8 Å². The highest BCUT2D eigenvalue weighted by Gasteiger charge is 2.51. The predicted octanol–water partition coefficient (Wildman–Crippen LogP) is 8.98. The minimum absolute atomic E-state index is 0.230. The fourth-order valence-electron chi connectivity index (χ4n) is 8.24. The summed E-state index contributed by atoms with van der Waals surface area (Å²) in [5, 5.41) is 74.7. The van der Waals surface area contributed by atoms with Crippen molar-refractivity contribution in [1.29, 1.82) is 0 Å². The number of phosphoric ester groups is 1. The first-order valence-corrected chi connectivity index (χ1v) is 26.7. The molecule has 14 heteroatoms. The number of phosphoric acid groups is 1. The molecule has 0 heterocycles. The Hall–Kier alpha value is -0.960. The van der Waals surface area contributed by atoms with Crippen molar-refractivity contribution in [1.82, 2.24) is 5.32 Å². The van der Waals surface area contributed by atoms with Crippen molar-refractivity contribution < 1.29 is 59.0 Å². The standard InChI is InChI=1S/C48H94NO12P/c1-3-5-7-9-11-13-15-17-19-20-21-22-24-26-28-30-32-34-36-41(51)40(38-60-62(58,59)61-48-46(56)44(54)43(53)45(55)47(48)57)49-42(52)37-39(50)35-33-31-29-27-25-23-18-16-14-12-10-8-6-4-2/h23,25,39-41,43-48,50-51,53-57H,3-22,24,26-38H2,1-2H3,(H,49,52)(H,58,59)/b25-23-. The van der Waals surface area contributed by atoms with Crippen molar-refractivity contribution in [3.8, 4) is 0 Å². The lowest BCUT2D eigenvalue weighted by atomic mass is 9.85. The monoisotopic (exact) mass is 908 g/mol. The molecule has 1 amide bonds. The lowest BCUT2D eigenvalue weighted by Crippen LogP contribution is -2.64. The first-order chi connectivity index (χ1) is 29.8. The number of hydrogen-bond donors (Lipinski definition) is 9. The van der Waals surface area contributed by atoms with Crippen molar-refractivity contribution in [3.63, 3.8) is 0 Å². The van der Waals surface area contributed by atoms with Crippen molar-refractivity contribution in [2.45, 2.75) is 281 Å². The molecule has 1 aliphatic rings. The van der Waals surface area contributed by atoms with E-state index in [1.165, 1.54) is 128 Å². The molecular weight excluding hydrogens is 813 g/mol. The summed E-state index contributed by atoms with van der Waals surface area (Å²) in [7, 11) is -5.12. The van der Waals surface area contributed by atoms with E-state index in [4.69, 9.17) is 9.05 Å². The van der Waals surface area contributed by atoms with Crippen molar-refractivity contribution in [3.05, 3.63) is 12.2 Å². The lowest BCUT2D eigenvalue weighted by Gasteiger charge is -2.41. The quantitative estimate of drug-likeness (QED) is 0.0159. The highest BCUT2D eigenvalue weighted by Crippen LogP contribution is 2.47. The molecule has 0 aromatic carbocycles. The minimum Gasteiger partial charge on any atom is -0.393 e. The van der Waals surface area contributed by atoms with Crippen LogP contribution in [0.15, 0.2) is 12.2 Å². The Balaban J connectivity index is 2.49. The largest absolute Gasteiger partial charge is 0.472 e. The van der Waals surface area contributed by atoms with Gasteiger partial charge in [0, 0.05) is 0 Å². The summed E-state index contributed by atoms with van der Waals surface area (Å²) >= 11 is 0. The molecule has 1 fully saturated rings. The van der Waals surface area contributed by atoms with E-state index in [0.29, 0.717) is 12.8 Å². The second-order valence-electron chi connectivity index (χ2n) is 18.2. The maximum atomic E-state index is 13.0. The first kappa shape index (κ1) is 59.1. The van der Waals surface area contributed by atoms with Crippen LogP contribution in [-0.2, 0) is 18.4 Å². The molecule has 9 N–H and O–H groups in total. The number of amides is 1. The van der Waals surface area contributed by atoms with Crippen LogP contribution in [0.5, 0.6) is 0 Å². The van der Waals surface area contributed by atoms with Gasteiger partial charge in [-0.1, -0.05) is 193 Å². The van der Waals surface area contributed by atoms with Gasteiger partial charge in [0.15, 0.2) is 0 Å². The van der Waals surface area contributed by atoms with Crippen LogP contribution in [0.4, 0.5) is 0 Å². The Morgan fingerprint density at radius 3 is 1.34 bits per heavy atom. The zero-order valence-corrected chi connectivity index (χ0v) is 39.9. The molecule has 0 aromatic rings. The molecule has 13 nitrogen and oxygen atoms in total. The van der Waals surface area contributed by atoms with Crippen molar-refractivity contribution >= 4 is 13.7 Å². The summed E-state index contributed by atoms with van der Waals surface area (Å²) in [6.45, 7) is 3.80. The SMILES string of the molecule is CCCCCCCCC/C=C\CCCCCC(O)CC(=O)NC(COP(=O)(O)OC1C(O)C(O)C(O)C(O)C1O)C(O)CCCCCCCCCCCCCCCCCCCC. The molecule has 0 radical (unpaired) electrons. The van der Waals surface area contributed by atoms with Gasteiger partial charge in [0.25, 0.3) is 0 Å². The van der Waals surface area contributed by atoms with E-state index >= 15 is 0 Å². The van der Waals surface area contributed by atoms with E-state index in [9.17, 15) is 50.0 Å². The number of unbranched alkanes of at least 4 members (excludes halogenated alkanes) is 27. The molecule has 1 rings (SSSR count). The molecule has 8 atom stereocenters. The van der Waals surface area contributed by atoms with Gasteiger partial charge in [-0.25, -0.2) is 4.57 Å². The number of allylic oxidation sites excluding steroid dienone is 2. The molecule has 368 valence electrons. The summed E-state index contributed by atoms with van der Waals surface area (Å²) < 4.78 is 23.0. The Kier molecular flexibility index (Phi) is 36.4. The third-order valence-corrected chi connectivity index (χ3v) is 13.4. The highest BCUT2D eigenvalue weighted by molar-refractivity contribution is 7.47. The molecule has 0 aromatic heterocycles. The Bertz CT molecular complexity index is 1120. The van der Waals surface area contributed by atoms with E-state index in [1.807, 2.05) is 0 Å². The van der Waals surface area contributed by atoms with Gasteiger partial charge in [-0.05, 0) is 38.5 Å². The van der Waals surface area contributed by atoms with Crippen LogP contribution in [0, 0.1) is 0 Å². The molecule has 8 unspecified atom stereocenters. The third-order valence-electron chi connectivity index (χ3n) is 12.4. The molecule has 1 aliphatic carbocycles. The molecular formula is C48H94NO12P. The number of hydrogen-bond acceptors (Lipinski definition) is 11. The summed E-state index contributed by atoms with van der Waals surface area (Å²) in [6, 6.07) is -1.16. The van der Waals surface area contributed by atoms with Gasteiger partial charge < -0.3 is 46.0 Å². The van der Waals surface area contributed by atoms with Crippen molar-refractivity contribution in [2.24, 2.45) is 0 Å². The normalized spacial score (nSPS) is 23.1. The molecule has 0 saturated heterocycles. The molecule has 0 aliphatic heterocycles. The molecule has 0 spiro atoms. The second-order valence-corrected chi connectivity index (χ2v) is 19.6. The van der Waals surface area contributed by atoms with Gasteiger partial charge in [0.05, 0.1) is 31.3 Å². The first-order valence-electron chi connectivity index (χ1n) is 25.2. The van der Waals surface area contributed by atoms with Crippen LogP contribution in [0.25, 0.3) is 0 Å². The maximum Gasteiger partial charge on any atom is 0.472 e. The van der Waals surface area contributed by atoms with Gasteiger partial charge in [-0.15, -0.1) is 0 Å². The molecule has 62 heavy (non-hydrogen) atoms. The number of aliphatic hydroxyl groups is 7. The zero-order valence-electron chi connectivity index (χ0n) is 39.1. The maximum absolute atomic E-state index is 13.0. The minimum atomic E-state index is -5.12. The average Bonchev–Trinajstić information content (AvgIpc) is 3.24. The second kappa shape index (κ2) is 38.2. The summed E-state index contributed by atoms with van der Waals surface area (Å²) in [5.41, 5.74) is 0. The Labute approximate surface area is 376 Å². The van der Waals surface area contributed by atoms with Crippen molar-refractivity contribution in [2.75, 3.05) is 6.61 Å². The smallest absolute Gasteiger partial charge is 0.393 e. The number of carbonyl (C=O) groups excluding carboxylic acids is 1. The fourth-order valence-corrected chi connectivity index (χ4v) is 9.21. The van der Waals surface area contributed by atoms with E-state index < -0.39 is 75.2 Å². The van der Waals surface area contributed by atoms with Crippen LogP contribution < -0.4 is 5.32 Å². The number of carbonyl (C=O) groups is 1. The van der Waals surface area contributed by atoms with Crippen LogP contribution in [0.3, 0.4) is 0 Å². The molecule has 1 saturated carbocycles. The summed E-state index contributed by atoms with van der Waals surface area (Å²) in [4.78, 5) is 23.5. The van der Waals surface area contributed by atoms with Crippen LogP contribution in [0.2, 0.25) is 0 Å². The third kappa shape index (κ3) is 29.5. The van der Waals surface area contributed by atoms with Gasteiger partial charge >= 0.3 is 7.82 Å². The number of aliphatic hydroxyl groups excluding tert-OH is 7. The number of nitrogens with one attached hydrogen (secondary N) is 1. The van der Waals surface area contributed by atoms with Gasteiger partial charge in [-0.2, -0.15) is 0 Å². The predicted molar refractivity (Wildman–Crippen MR) is 247 cm³/mol. The van der Waals surface area contributed by atoms with Gasteiger partial charge in [0.1, 0.15) is 36.6 Å².